The molecular formula is C21H14FN3O3. The third-order valence-electron chi connectivity index (χ3n) is 5.32. The Kier molecular flexibility index (Phi) is 3.30. The lowest BCUT2D eigenvalue weighted by atomic mass is 9.81. The van der Waals surface area contributed by atoms with Crippen molar-refractivity contribution in [3.05, 3.63) is 103 Å². The van der Waals surface area contributed by atoms with E-state index in [2.05, 4.69) is 10.3 Å². The molecule has 2 heterocycles. The highest BCUT2D eigenvalue weighted by molar-refractivity contribution is 6.23. The van der Waals surface area contributed by atoms with Crippen molar-refractivity contribution >= 4 is 17.3 Å². The van der Waals surface area contributed by atoms with Crippen LogP contribution in [0.3, 0.4) is 0 Å². The number of hydrogen-bond acceptors (Lipinski definition) is 4. The summed E-state index contributed by atoms with van der Waals surface area (Å²) < 4.78 is 15.3. The van der Waals surface area contributed by atoms with Crippen LogP contribution in [-0.2, 0) is 7.05 Å². The zero-order valence-corrected chi connectivity index (χ0v) is 14.7. The summed E-state index contributed by atoms with van der Waals surface area (Å²) >= 11 is 0. The molecule has 0 unspecified atom stereocenters. The molecule has 1 aliphatic heterocycles. The zero-order valence-electron chi connectivity index (χ0n) is 14.7. The molecule has 1 aromatic heterocycles. The van der Waals surface area contributed by atoms with Crippen molar-refractivity contribution in [2.45, 2.75) is 5.92 Å². The second kappa shape index (κ2) is 5.63. The molecule has 2 N–H and O–H groups in total. The van der Waals surface area contributed by atoms with Crippen LogP contribution >= 0.6 is 0 Å². The Bertz CT molecular complexity index is 1330. The van der Waals surface area contributed by atoms with E-state index in [4.69, 9.17) is 0 Å². The molecule has 1 aliphatic carbocycles. The van der Waals surface area contributed by atoms with Gasteiger partial charge in [0.1, 0.15) is 11.6 Å². The number of carbonyl (C=O) groups excluding carboxylic acids is 1. The molecule has 138 valence electrons. The van der Waals surface area contributed by atoms with Crippen LogP contribution in [0.2, 0.25) is 0 Å². The van der Waals surface area contributed by atoms with E-state index in [1.165, 1.54) is 29.8 Å². The fourth-order valence-electron chi connectivity index (χ4n) is 4.05. The molecule has 28 heavy (non-hydrogen) atoms. The summed E-state index contributed by atoms with van der Waals surface area (Å²) in [6.07, 6.45) is 0. The smallest absolute Gasteiger partial charge is 0.329 e. The van der Waals surface area contributed by atoms with Crippen LogP contribution < -0.4 is 16.6 Å². The number of aromatic nitrogens is 2. The van der Waals surface area contributed by atoms with Crippen molar-refractivity contribution in [2.24, 2.45) is 7.05 Å². The number of aromatic amines is 1. The topological polar surface area (TPSA) is 84.0 Å². The van der Waals surface area contributed by atoms with E-state index in [1.54, 1.807) is 18.2 Å². The summed E-state index contributed by atoms with van der Waals surface area (Å²) in [5.41, 5.74) is 1.64. The van der Waals surface area contributed by atoms with Gasteiger partial charge in [-0.1, -0.05) is 36.4 Å². The van der Waals surface area contributed by atoms with Gasteiger partial charge in [0.2, 0.25) is 0 Å². The molecule has 0 saturated carbocycles. The largest absolute Gasteiger partial charge is 0.340 e. The van der Waals surface area contributed by atoms with Gasteiger partial charge in [0, 0.05) is 29.7 Å². The first-order chi connectivity index (χ1) is 13.5. The molecule has 0 fully saturated rings. The lowest BCUT2D eigenvalue weighted by molar-refractivity contribution is 0.103. The second-order valence-electron chi connectivity index (χ2n) is 6.86. The molecule has 0 spiro atoms. The summed E-state index contributed by atoms with van der Waals surface area (Å²) in [4.78, 5) is 40.4. The van der Waals surface area contributed by atoms with Crippen molar-refractivity contribution in [2.75, 3.05) is 5.32 Å². The lowest BCUT2D eigenvalue weighted by Gasteiger charge is -2.28. The predicted octanol–water partition coefficient (Wildman–Crippen LogP) is 2.38. The van der Waals surface area contributed by atoms with Gasteiger partial charge in [-0.25, -0.2) is 9.18 Å². The third kappa shape index (κ3) is 2.10. The van der Waals surface area contributed by atoms with Crippen LogP contribution in [0.5, 0.6) is 0 Å². The summed E-state index contributed by atoms with van der Waals surface area (Å²) in [5, 5.41) is 3.12. The first-order valence-corrected chi connectivity index (χ1v) is 8.71. The van der Waals surface area contributed by atoms with Gasteiger partial charge in [0.25, 0.3) is 5.56 Å². The fourth-order valence-corrected chi connectivity index (χ4v) is 4.05. The maximum absolute atomic E-state index is 14.0. The summed E-state index contributed by atoms with van der Waals surface area (Å²) in [6.45, 7) is 0. The second-order valence-corrected chi connectivity index (χ2v) is 6.86. The van der Waals surface area contributed by atoms with Gasteiger partial charge in [-0.3, -0.25) is 19.1 Å². The van der Waals surface area contributed by atoms with Crippen LogP contribution in [0.1, 0.15) is 33.0 Å². The predicted molar refractivity (Wildman–Crippen MR) is 102 cm³/mol. The summed E-state index contributed by atoms with van der Waals surface area (Å²) in [6, 6.07) is 12.9. The van der Waals surface area contributed by atoms with Crippen LogP contribution in [0.15, 0.2) is 63.7 Å². The number of H-pyrrole nitrogens is 1. The molecule has 2 aromatic carbocycles. The first kappa shape index (κ1) is 16.4. The van der Waals surface area contributed by atoms with E-state index in [-0.39, 0.29) is 11.3 Å². The van der Waals surface area contributed by atoms with Crippen LogP contribution in [0, 0.1) is 5.82 Å². The van der Waals surface area contributed by atoms with E-state index < -0.39 is 23.0 Å². The van der Waals surface area contributed by atoms with Crippen molar-refractivity contribution in [1.29, 1.82) is 0 Å². The van der Waals surface area contributed by atoms with Crippen LogP contribution in [-0.4, -0.2) is 15.3 Å². The van der Waals surface area contributed by atoms with Gasteiger partial charge in [0.05, 0.1) is 11.3 Å². The van der Waals surface area contributed by atoms with E-state index in [9.17, 15) is 18.8 Å². The van der Waals surface area contributed by atoms with E-state index in [0.717, 1.165) is 0 Å². The number of nitrogens with zero attached hydrogens (tertiary/aromatic N) is 1. The number of benzene rings is 2. The maximum Gasteiger partial charge on any atom is 0.329 e. The lowest BCUT2D eigenvalue weighted by Crippen LogP contribution is -2.37. The van der Waals surface area contributed by atoms with E-state index >= 15 is 0 Å². The maximum atomic E-state index is 14.0. The SMILES string of the molecule is Cn1c2c(c(=O)[nH]c1=O)[C@@H](c1cccc(F)c1)C1=C(N2)c2ccccc2C1=O. The molecule has 0 bridgehead atoms. The van der Waals surface area contributed by atoms with Crippen molar-refractivity contribution in [3.8, 4) is 0 Å². The van der Waals surface area contributed by atoms with Gasteiger partial charge in [-0.05, 0) is 17.7 Å². The molecule has 0 saturated heterocycles. The van der Waals surface area contributed by atoms with Crippen molar-refractivity contribution < 1.29 is 9.18 Å². The average molecular weight is 375 g/mol. The number of Topliss-reactive ketones (excluding diaryl/α,β-unsaturated/α-hetero) is 1. The average Bonchev–Trinajstić information content (AvgIpc) is 2.97. The molecule has 6 nitrogen and oxygen atoms in total. The standard InChI is InChI=1S/C21H14FN3O3/c1-25-19-16(20(27)24-21(25)28)14(10-5-4-6-11(22)9-10)15-17(23-19)12-7-2-3-8-13(12)18(15)26/h2-9,14,23H,1H3,(H,24,27,28)/t14-/m0/s1. The third-order valence-corrected chi connectivity index (χ3v) is 5.32. The first-order valence-electron chi connectivity index (χ1n) is 8.71. The number of rotatable bonds is 1. The van der Waals surface area contributed by atoms with Gasteiger partial charge >= 0.3 is 5.69 Å². The highest BCUT2D eigenvalue weighted by Gasteiger charge is 2.42. The van der Waals surface area contributed by atoms with Crippen molar-refractivity contribution in [3.63, 3.8) is 0 Å². The summed E-state index contributed by atoms with van der Waals surface area (Å²) in [5.74, 6) is -1.18. The molecule has 2 aliphatic rings. The van der Waals surface area contributed by atoms with Crippen LogP contribution in [0.4, 0.5) is 10.2 Å². The van der Waals surface area contributed by atoms with Crippen molar-refractivity contribution in [1.82, 2.24) is 9.55 Å². The van der Waals surface area contributed by atoms with Crippen LogP contribution in [0.25, 0.3) is 5.70 Å². The van der Waals surface area contributed by atoms with E-state index in [0.29, 0.717) is 33.8 Å². The molecule has 3 aromatic rings. The number of fused-ring (bicyclic) bond motifs is 3. The Morgan fingerprint density at radius 1 is 1.00 bits per heavy atom. The Balaban J connectivity index is 1.88. The quantitative estimate of drug-likeness (QED) is 0.684. The van der Waals surface area contributed by atoms with Gasteiger partial charge in [0.15, 0.2) is 5.78 Å². The number of halogens is 1. The molecule has 7 heteroatoms. The summed E-state index contributed by atoms with van der Waals surface area (Å²) in [7, 11) is 1.53. The number of carbonyl (C=O) groups is 1. The molecular weight excluding hydrogens is 361 g/mol. The highest BCUT2D eigenvalue weighted by atomic mass is 19.1. The minimum atomic E-state index is -0.794. The zero-order chi connectivity index (χ0) is 19.6. The number of allylic oxidation sites excluding steroid dienone is 1. The Labute approximate surface area is 158 Å². The minimum Gasteiger partial charge on any atom is -0.340 e. The number of nitrogens with one attached hydrogen (secondary N) is 2. The molecule has 5 rings (SSSR count). The molecule has 0 radical (unpaired) electrons. The Morgan fingerprint density at radius 3 is 2.50 bits per heavy atom. The molecule has 1 atom stereocenters. The number of anilines is 1. The normalized spacial score (nSPS) is 17.1. The minimum absolute atomic E-state index is 0.215. The highest BCUT2D eigenvalue weighted by Crippen LogP contribution is 2.47. The van der Waals surface area contributed by atoms with Gasteiger partial charge in [-0.2, -0.15) is 0 Å². The molecule has 0 amide bonds. The Morgan fingerprint density at radius 2 is 1.75 bits per heavy atom. The van der Waals surface area contributed by atoms with Gasteiger partial charge in [-0.15, -0.1) is 0 Å². The number of ketones is 1. The number of hydrogen-bond donors (Lipinski definition) is 2. The van der Waals surface area contributed by atoms with E-state index in [1.807, 2.05) is 12.1 Å². The fraction of sp³-hybridized carbons (Fsp3) is 0.0952. The monoisotopic (exact) mass is 375 g/mol. The Hall–Kier alpha value is -3.74. The van der Waals surface area contributed by atoms with Gasteiger partial charge < -0.3 is 5.32 Å².